The lowest BCUT2D eigenvalue weighted by Gasteiger charge is -2.22. The summed E-state index contributed by atoms with van der Waals surface area (Å²) in [5.74, 6) is 0.920. The molecule has 4 aromatic rings. The number of ketones is 1. The fourth-order valence-electron chi connectivity index (χ4n) is 4.23. The van der Waals surface area contributed by atoms with E-state index in [0.717, 1.165) is 33.0 Å². The zero-order valence-electron chi connectivity index (χ0n) is 17.3. The van der Waals surface area contributed by atoms with Crippen molar-refractivity contribution in [1.82, 2.24) is 15.0 Å². The maximum atomic E-state index is 13.2. The molecule has 6 heteroatoms. The van der Waals surface area contributed by atoms with Crippen LogP contribution in [0.15, 0.2) is 79.9 Å². The minimum Gasteiger partial charge on any atom is -0.333 e. The lowest BCUT2D eigenvalue weighted by Crippen LogP contribution is -2.25. The van der Waals surface area contributed by atoms with Gasteiger partial charge in [-0.05, 0) is 34.2 Å². The van der Waals surface area contributed by atoms with Crippen molar-refractivity contribution in [2.45, 2.75) is 0 Å². The molecule has 0 atom stereocenters. The van der Waals surface area contributed by atoms with Gasteiger partial charge in [-0.1, -0.05) is 60.7 Å². The van der Waals surface area contributed by atoms with E-state index in [-0.39, 0.29) is 11.1 Å². The Labute approximate surface area is 190 Å². The summed E-state index contributed by atoms with van der Waals surface area (Å²) in [6, 6.07) is 17.5. The number of fused-ring (bicyclic) bond motifs is 2. The molecule has 32 heavy (non-hydrogen) atoms. The molecular formula is C26H19ClN4O. The van der Waals surface area contributed by atoms with E-state index in [9.17, 15) is 4.79 Å². The van der Waals surface area contributed by atoms with Crippen molar-refractivity contribution in [2.24, 2.45) is 0 Å². The van der Waals surface area contributed by atoms with E-state index in [0.29, 0.717) is 30.4 Å². The zero-order chi connectivity index (χ0) is 22.2. The Bertz CT molecular complexity index is 1400. The van der Waals surface area contributed by atoms with Gasteiger partial charge in [0.05, 0.1) is 0 Å². The van der Waals surface area contributed by atoms with E-state index in [1.807, 2.05) is 59.5 Å². The van der Waals surface area contributed by atoms with Gasteiger partial charge in [-0.2, -0.15) is 15.0 Å². The van der Waals surface area contributed by atoms with Gasteiger partial charge in [0, 0.05) is 35.2 Å². The first kappa shape index (κ1) is 20.1. The van der Waals surface area contributed by atoms with E-state index >= 15 is 0 Å². The fraction of sp³-hybridized carbons (Fsp3) is 0.0769. The maximum absolute atomic E-state index is 13.2. The van der Waals surface area contributed by atoms with Crippen LogP contribution in [0.3, 0.4) is 0 Å². The molecule has 1 heterocycles. The standard InChI is InChI=1S/C26H19ClN4O/c1-3-14-31(15-4-2)26-29-24(28-25(27)30-26)20-13-12-18-16-8-5-6-9-19(16)23(32)21-11-7-10-17(20)22(18)21/h3-13H,1-2,14-15H2. The predicted molar refractivity (Wildman–Crippen MR) is 129 cm³/mol. The molecule has 0 saturated carbocycles. The van der Waals surface area contributed by atoms with Crippen molar-refractivity contribution >= 4 is 34.1 Å². The molecule has 1 aromatic heterocycles. The van der Waals surface area contributed by atoms with E-state index in [1.165, 1.54) is 0 Å². The molecule has 0 amide bonds. The quantitative estimate of drug-likeness (QED) is 0.316. The molecule has 0 N–H and O–H groups in total. The molecule has 1 aliphatic rings. The highest BCUT2D eigenvalue weighted by Gasteiger charge is 2.26. The Kier molecular flexibility index (Phi) is 5.04. The molecule has 0 saturated heterocycles. The fourth-order valence-corrected chi connectivity index (χ4v) is 4.38. The first-order chi connectivity index (χ1) is 15.6. The van der Waals surface area contributed by atoms with Crippen LogP contribution in [-0.2, 0) is 0 Å². The largest absolute Gasteiger partial charge is 0.333 e. The summed E-state index contributed by atoms with van der Waals surface area (Å²) in [6.07, 6.45) is 3.54. The van der Waals surface area contributed by atoms with Crippen molar-refractivity contribution in [2.75, 3.05) is 18.0 Å². The van der Waals surface area contributed by atoms with Gasteiger partial charge in [-0.3, -0.25) is 4.79 Å². The molecule has 0 unspecified atom stereocenters. The number of carbonyl (C=O) groups is 1. The first-order valence-corrected chi connectivity index (χ1v) is 10.6. The molecule has 1 aliphatic carbocycles. The van der Waals surface area contributed by atoms with Crippen molar-refractivity contribution in [3.63, 3.8) is 0 Å². The Morgan fingerprint density at radius 3 is 2.22 bits per heavy atom. The monoisotopic (exact) mass is 438 g/mol. The maximum Gasteiger partial charge on any atom is 0.230 e. The lowest BCUT2D eigenvalue weighted by molar-refractivity contribution is 0.104. The Morgan fingerprint density at radius 1 is 0.781 bits per heavy atom. The molecule has 5 nitrogen and oxygen atoms in total. The summed E-state index contributed by atoms with van der Waals surface area (Å²) in [4.78, 5) is 28.5. The lowest BCUT2D eigenvalue weighted by atomic mass is 9.82. The van der Waals surface area contributed by atoms with Gasteiger partial charge in [0.15, 0.2) is 11.6 Å². The second kappa shape index (κ2) is 8.02. The molecule has 0 fully saturated rings. The van der Waals surface area contributed by atoms with Crippen LogP contribution in [0.25, 0.3) is 33.3 Å². The molecule has 0 bridgehead atoms. The van der Waals surface area contributed by atoms with E-state index < -0.39 is 0 Å². The molecule has 0 aliphatic heterocycles. The summed E-state index contributed by atoms with van der Waals surface area (Å²) in [5, 5.41) is 1.90. The van der Waals surface area contributed by atoms with Crippen molar-refractivity contribution in [3.05, 3.63) is 96.3 Å². The first-order valence-electron chi connectivity index (χ1n) is 10.2. The number of hydrogen-bond donors (Lipinski definition) is 0. The summed E-state index contributed by atoms with van der Waals surface area (Å²) in [7, 11) is 0. The van der Waals surface area contributed by atoms with Crippen LogP contribution in [0.4, 0.5) is 5.95 Å². The number of carbonyl (C=O) groups excluding carboxylic acids is 1. The van der Waals surface area contributed by atoms with Crippen LogP contribution in [0.5, 0.6) is 0 Å². The third-order valence-electron chi connectivity index (χ3n) is 5.57. The van der Waals surface area contributed by atoms with Gasteiger partial charge < -0.3 is 4.90 Å². The Balaban J connectivity index is 1.75. The SMILES string of the molecule is C=CCN(CC=C)c1nc(Cl)nc(-c2ccc3c4c(cccc24)C(=O)c2ccccc2-3)n1. The number of halogens is 1. The normalized spacial score (nSPS) is 11.8. The molecular weight excluding hydrogens is 420 g/mol. The number of rotatable bonds is 6. The molecule has 3 aromatic carbocycles. The number of benzene rings is 3. The van der Waals surface area contributed by atoms with Crippen molar-refractivity contribution < 1.29 is 4.79 Å². The van der Waals surface area contributed by atoms with E-state index in [2.05, 4.69) is 23.1 Å². The highest BCUT2D eigenvalue weighted by molar-refractivity contribution is 6.29. The average molecular weight is 439 g/mol. The minimum absolute atomic E-state index is 0.0216. The second-order valence-electron chi connectivity index (χ2n) is 7.47. The Morgan fingerprint density at radius 2 is 1.47 bits per heavy atom. The van der Waals surface area contributed by atoms with E-state index in [1.54, 1.807) is 12.2 Å². The van der Waals surface area contributed by atoms with Crippen LogP contribution < -0.4 is 4.90 Å². The number of hydrogen-bond acceptors (Lipinski definition) is 5. The summed E-state index contributed by atoms with van der Waals surface area (Å²) < 4.78 is 0. The second-order valence-corrected chi connectivity index (χ2v) is 7.81. The van der Waals surface area contributed by atoms with Gasteiger partial charge in [0.1, 0.15) is 0 Å². The third kappa shape index (κ3) is 3.18. The highest BCUT2D eigenvalue weighted by atomic mass is 35.5. The average Bonchev–Trinajstić information content (AvgIpc) is 2.81. The Hall–Kier alpha value is -3.83. The van der Waals surface area contributed by atoms with Crippen LogP contribution >= 0.6 is 11.6 Å². The van der Waals surface area contributed by atoms with Gasteiger partial charge in [-0.15, -0.1) is 13.2 Å². The summed E-state index contributed by atoms with van der Waals surface area (Å²) in [6.45, 7) is 8.69. The molecule has 156 valence electrons. The number of nitrogens with zero attached hydrogens (tertiary/aromatic N) is 4. The van der Waals surface area contributed by atoms with Crippen LogP contribution in [0, 0.1) is 0 Å². The predicted octanol–water partition coefficient (Wildman–Crippen LogP) is 5.74. The molecule has 5 rings (SSSR count). The summed E-state index contributed by atoms with van der Waals surface area (Å²) >= 11 is 6.29. The van der Waals surface area contributed by atoms with Gasteiger partial charge in [0.2, 0.25) is 11.2 Å². The van der Waals surface area contributed by atoms with Crippen LogP contribution in [0.2, 0.25) is 5.28 Å². The number of aromatic nitrogens is 3. The minimum atomic E-state index is 0.0216. The van der Waals surface area contributed by atoms with Crippen LogP contribution in [0.1, 0.15) is 15.9 Å². The zero-order valence-corrected chi connectivity index (χ0v) is 18.0. The topological polar surface area (TPSA) is 59.0 Å². The summed E-state index contributed by atoms with van der Waals surface area (Å²) in [5.41, 5.74) is 4.15. The smallest absolute Gasteiger partial charge is 0.230 e. The van der Waals surface area contributed by atoms with Gasteiger partial charge in [-0.25, -0.2) is 0 Å². The molecule has 0 spiro atoms. The molecule has 0 radical (unpaired) electrons. The number of anilines is 1. The van der Waals surface area contributed by atoms with Crippen LogP contribution in [-0.4, -0.2) is 33.8 Å². The third-order valence-corrected chi connectivity index (χ3v) is 5.74. The van der Waals surface area contributed by atoms with Gasteiger partial charge in [0.25, 0.3) is 0 Å². The van der Waals surface area contributed by atoms with Gasteiger partial charge >= 0.3 is 0 Å². The van der Waals surface area contributed by atoms with E-state index in [4.69, 9.17) is 16.6 Å². The van der Waals surface area contributed by atoms with Crippen molar-refractivity contribution in [1.29, 1.82) is 0 Å². The highest BCUT2D eigenvalue weighted by Crippen LogP contribution is 2.42. The van der Waals surface area contributed by atoms with Crippen molar-refractivity contribution in [3.8, 4) is 22.5 Å².